The van der Waals surface area contributed by atoms with Crippen LogP contribution in [-0.2, 0) is 36.8 Å². The number of carbonyl (C=O) groups excluding carboxylic acids is 4. The van der Waals surface area contributed by atoms with Crippen molar-refractivity contribution < 1.29 is 34.2 Å². The number of carboxylic acid groups (broad SMARTS) is 1. The highest BCUT2D eigenvalue weighted by atomic mass is 16.4. The van der Waals surface area contributed by atoms with E-state index in [9.17, 15) is 34.2 Å². The molecule has 3 aromatic rings. The normalized spacial score (nSPS) is 13.4. The molecule has 0 unspecified atom stereocenters. The number of aliphatic imine (C=N–C) groups is 1. The highest BCUT2D eigenvalue weighted by Gasteiger charge is 2.32. The molecule has 13 N–H and O–H groups in total. The van der Waals surface area contributed by atoms with E-state index in [1.165, 1.54) is 0 Å². The van der Waals surface area contributed by atoms with E-state index in [0.717, 1.165) is 10.9 Å². The number of fused-ring (bicyclic) bond motifs is 1. The number of aromatic nitrogens is 1. The summed E-state index contributed by atoms with van der Waals surface area (Å²) in [5.74, 6) is -4.51. The van der Waals surface area contributed by atoms with E-state index in [4.69, 9.17) is 17.2 Å². The lowest BCUT2D eigenvalue weighted by Gasteiger charge is -2.26. The molecule has 0 saturated heterocycles. The van der Waals surface area contributed by atoms with E-state index in [1.54, 1.807) is 36.5 Å². The molecule has 252 valence electrons. The minimum absolute atomic E-state index is 0.00166. The Morgan fingerprint density at radius 3 is 2.00 bits per heavy atom. The van der Waals surface area contributed by atoms with Crippen LogP contribution in [0.25, 0.3) is 10.9 Å². The van der Waals surface area contributed by atoms with Crippen molar-refractivity contribution >= 4 is 46.5 Å². The number of carbonyl (C=O) groups is 5. The summed E-state index contributed by atoms with van der Waals surface area (Å²) in [4.78, 5) is 71.3. The Bertz CT molecular complexity index is 1560. The number of carboxylic acids is 1. The first-order valence-electron chi connectivity index (χ1n) is 14.9. The van der Waals surface area contributed by atoms with Crippen molar-refractivity contribution in [1.29, 1.82) is 0 Å². The van der Waals surface area contributed by atoms with Crippen molar-refractivity contribution in [2.45, 2.75) is 49.9 Å². The Hall–Kier alpha value is -5.48. The number of benzene rings is 2. The van der Waals surface area contributed by atoms with Gasteiger partial charge in [0.1, 0.15) is 24.2 Å². The summed E-state index contributed by atoms with van der Waals surface area (Å²) in [7, 11) is 0. The van der Waals surface area contributed by atoms with Crippen LogP contribution in [0, 0.1) is 0 Å². The zero-order valence-electron chi connectivity index (χ0n) is 25.6. The van der Waals surface area contributed by atoms with Gasteiger partial charge in [0, 0.05) is 36.5 Å². The number of aliphatic hydroxyl groups excluding tert-OH is 1. The maximum Gasteiger partial charge on any atom is 0.326 e. The van der Waals surface area contributed by atoms with Crippen LogP contribution in [-0.4, -0.2) is 94.6 Å². The Morgan fingerprint density at radius 1 is 0.787 bits per heavy atom. The third-order valence-corrected chi connectivity index (χ3v) is 7.23. The van der Waals surface area contributed by atoms with Gasteiger partial charge < -0.3 is 53.7 Å². The van der Waals surface area contributed by atoms with E-state index in [-0.39, 0.29) is 38.2 Å². The number of nitrogens with zero attached hydrogens (tertiary/aromatic N) is 1. The summed E-state index contributed by atoms with van der Waals surface area (Å²) in [6.07, 6.45) is 1.92. The molecule has 16 heteroatoms. The first-order chi connectivity index (χ1) is 22.5. The molecule has 0 fully saturated rings. The summed E-state index contributed by atoms with van der Waals surface area (Å²) < 4.78 is 0. The van der Waals surface area contributed by atoms with Crippen LogP contribution in [0.2, 0.25) is 0 Å². The van der Waals surface area contributed by atoms with Gasteiger partial charge in [-0.15, -0.1) is 0 Å². The fraction of sp³-hybridized carbons (Fsp3) is 0.355. The fourth-order valence-electron chi connectivity index (χ4n) is 4.81. The van der Waals surface area contributed by atoms with Crippen LogP contribution < -0.4 is 38.5 Å². The van der Waals surface area contributed by atoms with Gasteiger partial charge >= 0.3 is 5.97 Å². The molecular weight excluding hydrogens is 610 g/mol. The molecule has 4 atom stereocenters. The second-order valence-corrected chi connectivity index (χ2v) is 10.7. The Morgan fingerprint density at radius 2 is 1.38 bits per heavy atom. The number of nitrogens with two attached hydrogens (primary N) is 3. The minimum Gasteiger partial charge on any atom is -0.480 e. The number of hydrogen-bond acceptors (Lipinski definition) is 8. The molecule has 1 heterocycles. The number of para-hydroxylation sites is 1. The average molecular weight is 652 g/mol. The van der Waals surface area contributed by atoms with Gasteiger partial charge in [0.2, 0.25) is 23.6 Å². The number of amides is 4. The molecule has 3 rings (SSSR count). The summed E-state index contributed by atoms with van der Waals surface area (Å²) in [5, 5.41) is 30.3. The first kappa shape index (κ1) is 36.0. The van der Waals surface area contributed by atoms with Crippen LogP contribution in [0.15, 0.2) is 65.8 Å². The number of H-pyrrole nitrogens is 1. The number of aromatic amines is 1. The number of aliphatic carboxylic acids is 1. The molecule has 0 spiro atoms. The molecule has 0 aliphatic heterocycles. The molecule has 2 aromatic carbocycles. The molecule has 47 heavy (non-hydrogen) atoms. The lowest BCUT2D eigenvalue weighted by atomic mass is 10.0. The van der Waals surface area contributed by atoms with Crippen molar-refractivity contribution in [3.8, 4) is 0 Å². The van der Waals surface area contributed by atoms with Gasteiger partial charge in [-0.2, -0.15) is 0 Å². The third-order valence-electron chi connectivity index (χ3n) is 7.23. The van der Waals surface area contributed by atoms with E-state index in [2.05, 4.69) is 31.2 Å². The molecular formula is C31H41N9O7. The van der Waals surface area contributed by atoms with Gasteiger partial charge in [-0.1, -0.05) is 48.5 Å². The van der Waals surface area contributed by atoms with Crippen LogP contribution in [0.4, 0.5) is 0 Å². The quantitative estimate of drug-likeness (QED) is 0.0409. The number of hydrogen-bond donors (Lipinski definition) is 10. The second kappa shape index (κ2) is 17.9. The average Bonchev–Trinajstić information content (AvgIpc) is 3.46. The number of aliphatic hydroxyl groups is 1. The SMILES string of the molecule is NCC(=O)N[C@@H](CO)C(=O)N[C@@H](Cc1c[nH]c2ccccc12)C(=O)N[C@@H](Cc1ccccc1)C(=O)N[C@@H](CCCN=C(N)N)C(=O)O. The summed E-state index contributed by atoms with van der Waals surface area (Å²) in [6.45, 7) is -1.04. The Labute approximate surface area is 270 Å². The van der Waals surface area contributed by atoms with Crippen LogP contribution in [0.3, 0.4) is 0 Å². The van der Waals surface area contributed by atoms with E-state index in [0.29, 0.717) is 11.1 Å². The predicted molar refractivity (Wildman–Crippen MR) is 174 cm³/mol. The molecule has 0 radical (unpaired) electrons. The minimum atomic E-state index is -1.40. The lowest BCUT2D eigenvalue weighted by Crippen LogP contribution is -2.59. The van der Waals surface area contributed by atoms with Gasteiger partial charge in [0.15, 0.2) is 5.96 Å². The molecule has 1 aromatic heterocycles. The van der Waals surface area contributed by atoms with Gasteiger partial charge in [-0.3, -0.25) is 24.2 Å². The van der Waals surface area contributed by atoms with Gasteiger partial charge in [-0.05, 0) is 30.0 Å². The maximum absolute atomic E-state index is 13.9. The first-order valence-corrected chi connectivity index (χ1v) is 14.9. The standard InChI is InChI=1S/C31H41N9O7/c32-15-26(42)37-25(17-41)29(45)40-24(14-19-16-36-21-10-5-4-9-20(19)21)28(44)39-23(13-18-7-2-1-3-8-18)27(43)38-22(30(46)47)11-6-12-35-31(33)34/h1-5,7-10,16,22-25,36,41H,6,11-15,17,32H2,(H,37,42)(H,38,43)(H,39,44)(H,40,45)(H,46,47)(H4,33,34,35)/t22-,23-,24-,25-/m0/s1. The van der Waals surface area contributed by atoms with Crippen molar-refractivity contribution in [1.82, 2.24) is 26.3 Å². The highest BCUT2D eigenvalue weighted by Crippen LogP contribution is 2.19. The van der Waals surface area contributed by atoms with E-state index < -0.39 is 66.9 Å². The van der Waals surface area contributed by atoms with Crippen molar-refractivity contribution in [2.24, 2.45) is 22.2 Å². The van der Waals surface area contributed by atoms with Gasteiger partial charge in [0.05, 0.1) is 13.2 Å². The largest absolute Gasteiger partial charge is 0.480 e. The Kier molecular flexibility index (Phi) is 13.7. The highest BCUT2D eigenvalue weighted by molar-refractivity contribution is 5.96. The monoisotopic (exact) mass is 651 g/mol. The van der Waals surface area contributed by atoms with E-state index in [1.807, 2.05) is 24.3 Å². The lowest BCUT2D eigenvalue weighted by molar-refractivity contribution is -0.142. The van der Waals surface area contributed by atoms with Crippen LogP contribution >= 0.6 is 0 Å². The topological polar surface area (TPSA) is 280 Å². The van der Waals surface area contributed by atoms with E-state index >= 15 is 0 Å². The number of nitrogens with one attached hydrogen (secondary N) is 5. The predicted octanol–water partition coefficient (Wildman–Crippen LogP) is -2.02. The van der Waals surface area contributed by atoms with Gasteiger partial charge in [0.25, 0.3) is 0 Å². The summed E-state index contributed by atoms with van der Waals surface area (Å²) in [5.41, 5.74) is 18.1. The smallest absolute Gasteiger partial charge is 0.326 e. The molecule has 0 saturated carbocycles. The molecule has 0 aliphatic carbocycles. The zero-order valence-corrected chi connectivity index (χ0v) is 25.6. The second-order valence-electron chi connectivity index (χ2n) is 10.7. The van der Waals surface area contributed by atoms with Gasteiger partial charge in [-0.25, -0.2) is 4.79 Å². The van der Waals surface area contributed by atoms with Crippen molar-refractivity contribution in [3.63, 3.8) is 0 Å². The molecule has 16 nitrogen and oxygen atoms in total. The zero-order chi connectivity index (χ0) is 34.3. The fourth-order valence-corrected chi connectivity index (χ4v) is 4.81. The molecule has 4 amide bonds. The van der Waals surface area contributed by atoms with Crippen LogP contribution in [0.5, 0.6) is 0 Å². The third kappa shape index (κ3) is 11.1. The number of rotatable bonds is 18. The molecule has 0 aliphatic rings. The summed E-state index contributed by atoms with van der Waals surface area (Å²) in [6, 6.07) is 10.8. The van der Waals surface area contributed by atoms with Crippen molar-refractivity contribution in [3.05, 3.63) is 71.9 Å². The van der Waals surface area contributed by atoms with Crippen molar-refractivity contribution in [2.75, 3.05) is 19.7 Å². The number of guanidine groups is 1. The maximum atomic E-state index is 13.9. The van der Waals surface area contributed by atoms with Crippen LogP contribution in [0.1, 0.15) is 24.0 Å². The summed E-state index contributed by atoms with van der Waals surface area (Å²) >= 11 is 0. The Balaban J connectivity index is 1.88. The molecule has 0 bridgehead atoms.